The second-order valence-corrected chi connectivity index (χ2v) is 6.79. The highest BCUT2D eigenvalue weighted by Gasteiger charge is 2.48. The minimum absolute atomic E-state index is 0.0385. The summed E-state index contributed by atoms with van der Waals surface area (Å²) in [7, 11) is 1.65. The first-order valence-electron chi connectivity index (χ1n) is 8.13. The Balaban J connectivity index is 1.80. The van der Waals surface area contributed by atoms with E-state index in [4.69, 9.17) is 0 Å². The second kappa shape index (κ2) is 5.54. The van der Waals surface area contributed by atoms with Gasteiger partial charge in [0.15, 0.2) is 0 Å². The molecule has 0 radical (unpaired) electrons. The summed E-state index contributed by atoms with van der Waals surface area (Å²) in [5.74, 6) is 0.543. The smallest absolute Gasteiger partial charge is 0.255 e. The number of pyridine rings is 1. The molecule has 1 aromatic heterocycles. The Bertz CT molecular complexity index is 639. The van der Waals surface area contributed by atoms with Crippen molar-refractivity contribution in [2.24, 2.45) is 18.9 Å². The molecular weight excluding hydrogens is 280 g/mol. The number of likely N-dealkylation sites (tertiary alicyclic amines) is 1. The average molecular weight is 304 g/mol. The number of carbonyl (C=O) groups excluding carboxylic acids is 1. The Morgan fingerprint density at radius 2 is 2.18 bits per heavy atom. The van der Waals surface area contributed by atoms with Gasteiger partial charge in [-0.15, -0.1) is 0 Å². The Labute approximate surface area is 130 Å². The van der Waals surface area contributed by atoms with E-state index in [0.717, 1.165) is 25.7 Å². The lowest BCUT2D eigenvalue weighted by atomic mass is 9.69. The molecule has 2 aliphatic rings. The molecule has 0 spiro atoms. The monoisotopic (exact) mass is 304 g/mol. The van der Waals surface area contributed by atoms with Crippen LogP contribution >= 0.6 is 0 Å². The first-order chi connectivity index (χ1) is 10.4. The van der Waals surface area contributed by atoms with E-state index < -0.39 is 5.60 Å². The molecule has 1 aromatic rings. The van der Waals surface area contributed by atoms with Gasteiger partial charge in [-0.05, 0) is 31.2 Å². The summed E-state index contributed by atoms with van der Waals surface area (Å²) in [6, 6.07) is 3.03. The Morgan fingerprint density at radius 3 is 2.86 bits per heavy atom. The number of hydrogen-bond donors (Lipinski definition) is 1. The summed E-state index contributed by atoms with van der Waals surface area (Å²) >= 11 is 0. The molecule has 3 rings (SSSR count). The molecule has 1 saturated heterocycles. The van der Waals surface area contributed by atoms with Crippen LogP contribution in [0.3, 0.4) is 0 Å². The highest BCUT2D eigenvalue weighted by atomic mass is 16.3. The maximum absolute atomic E-state index is 12.7. The molecule has 2 heterocycles. The van der Waals surface area contributed by atoms with Crippen LogP contribution in [0.4, 0.5) is 0 Å². The molecule has 1 aliphatic heterocycles. The zero-order valence-corrected chi connectivity index (χ0v) is 13.3. The molecule has 1 saturated carbocycles. The van der Waals surface area contributed by atoms with Gasteiger partial charge in [-0.2, -0.15) is 0 Å². The topological polar surface area (TPSA) is 62.5 Å². The van der Waals surface area contributed by atoms with Gasteiger partial charge in [0.25, 0.3) is 5.91 Å². The van der Waals surface area contributed by atoms with Crippen LogP contribution in [0.2, 0.25) is 0 Å². The quantitative estimate of drug-likeness (QED) is 0.898. The number of aliphatic hydroxyl groups is 1. The number of rotatable bonds is 2. The SMILES string of the molecule is CC[C@@]1(O)CCC[C@@H]2CN(C(=O)c3ccc(=O)n(C)c3)C[C@@H]21. The third-order valence-electron chi connectivity index (χ3n) is 5.55. The van der Waals surface area contributed by atoms with E-state index in [2.05, 4.69) is 0 Å². The number of nitrogens with zero attached hydrogens (tertiary/aromatic N) is 2. The van der Waals surface area contributed by atoms with Crippen LogP contribution in [0.1, 0.15) is 43.0 Å². The fourth-order valence-corrected chi connectivity index (χ4v) is 4.14. The van der Waals surface area contributed by atoms with Gasteiger partial charge in [0.2, 0.25) is 5.56 Å². The summed E-state index contributed by atoms with van der Waals surface area (Å²) in [6.07, 6.45) is 5.30. The molecule has 1 N–H and O–H groups in total. The lowest BCUT2D eigenvalue weighted by molar-refractivity contribution is -0.0609. The molecule has 3 atom stereocenters. The molecule has 120 valence electrons. The zero-order valence-electron chi connectivity index (χ0n) is 13.3. The third kappa shape index (κ3) is 2.47. The van der Waals surface area contributed by atoms with Gasteiger partial charge < -0.3 is 14.6 Å². The number of amides is 1. The Morgan fingerprint density at radius 1 is 1.41 bits per heavy atom. The fourth-order valence-electron chi connectivity index (χ4n) is 4.14. The largest absolute Gasteiger partial charge is 0.390 e. The molecular formula is C17H24N2O3. The molecule has 1 amide bonds. The molecule has 2 fully saturated rings. The normalized spacial score (nSPS) is 31.1. The molecule has 22 heavy (non-hydrogen) atoms. The van der Waals surface area contributed by atoms with Crippen molar-refractivity contribution in [1.29, 1.82) is 0 Å². The minimum Gasteiger partial charge on any atom is -0.390 e. The van der Waals surface area contributed by atoms with E-state index in [1.807, 2.05) is 11.8 Å². The van der Waals surface area contributed by atoms with Crippen molar-refractivity contribution in [2.75, 3.05) is 13.1 Å². The third-order valence-corrected chi connectivity index (χ3v) is 5.55. The van der Waals surface area contributed by atoms with E-state index in [-0.39, 0.29) is 17.4 Å². The van der Waals surface area contributed by atoms with Gasteiger partial charge in [0, 0.05) is 38.3 Å². The Hall–Kier alpha value is -1.62. The molecule has 1 aliphatic carbocycles. The summed E-state index contributed by atoms with van der Waals surface area (Å²) in [6.45, 7) is 3.37. The van der Waals surface area contributed by atoms with Gasteiger partial charge in [0.1, 0.15) is 0 Å². The van der Waals surface area contributed by atoms with Crippen molar-refractivity contribution in [3.63, 3.8) is 0 Å². The zero-order chi connectivity index (χ0) is 15.9. The van der Waals surface area contributed by atoms with E-state index in [1.54, 1.807) is 19.3 Å². The van der Waals surface area contributed by atoms with Crippen LogP contribution in [-0.4, -0.2) is 39.2 Å². The van der Waals surface area contributed by atoms with Gasteiger partial charge in [-0.25, -0.2) is 0 Å². The van der Waals surface area contributed by atoms with E-state index in [9.17, 15) is 14.7 Å². The fraction of sp³-hybridized carbons (Fsp3) is 0.647. The number of aryl methyl sites for hydroxylation is 1. The molecule has 5 nitrogen and oxygen atoms in total. The van der Waals surface area contributed by atoms with E-state index in [1.165, 1.54) is 10.6 Å². The standard InChI is InChI=1S/C17H24N2O3/c1-3-17(22)8-4-5-12-10-19(11-14(12)17)16(21)13-6-7-15(20)18(2)9-13/h6-7,9,12,14,22H,3-5,8,10-11H2,1-2H3/t12-,14+,17-/m1/s1. The van der Waals surface area contributed by atoms with Crippen molar-refractivity contribution in [3.05, 3.63) is 34.2 Å². The van der Waals surface area contributed by atoms with Crippen LogP contribution < -0.4 is 5.56 Å². The predicted molar refractivity (Wildman–Crippen MR) is 83.7 cm³/mol. The molecule has 5 heteroatoms. The van der Waals surface area contributed by atoms with Crippen molar-refractivity contribution < 1.29 is 9.90 Å². The van der Waals surface area contributed by atoms with Crippen LogP contribution in [0.15, 0.2) is 23.1 Å². The van der Waals surface area contributed by atoms with Crippen LogP contribution in [0.5, 0.6) is 0 Å². The van der Waals surface area contributed by atoms with Crippen LogP contribution in [0, 0.1) is 11.8 Å². The van der Waals surface area contributed by atoms with Gasteiger partial charge >= 0.3 is 0 Å². The van der Waals surface area contributed by atoms with Crippen molar-refractivity contribution in [1.82, 2.24) is 9.47 Å². The van der Waals surface area contributed by atoms with E-state index >= 15 is 0 Å². The highest BCUT2D eigenvalue weighted by molar-refractivity contribution is 5.94. The summed E-state index contributed by atoms with van der Waals surface area (Å²) < 4.78 is 1.43. The lowest BCUT2D eigenvalue weighted by Gasteiger charge is -2.40. The lowest BCUT2D eigenvalue weighted by Crippen LogP contribution is -2.44. The first-order valence-corrected chi connectivity index (χ1v) is 8.13. The van der Waals surface area contributed by atoms with Crippen LogP contribution in [-0.2, 0) is 7.05 Å². The van der Waals surface area contributed by atoms with Crippen molar-refractivity contribution >= 4 is 5.91 Å². The highest BCUT2D eigenvalue weighted by Crippen LogP contribution is 2.44. The number of hydrogen-bond acceptors (Lipinski definition) is 3. The maximum atomic E-state index is 12.7. The number of carbonyl (C=O) groups is 1. The minimum atomic E-state index is -0.624. The average Bonchev–Trinajstić information content (AvgIpc) is 2.95. The molecule has 0 unspecified atom stereocenters. The first kappa shape index (κ1) is 15.3. The number of fused-ring (bicyclic) bond motifs is 1. The van der Waals surface area contributed by atoms with Crippen molar-refractivity contribution in [3.8, 4) is 0 Å². The summed E-state index contributed by atoms with van der Waals surface area (Å²) in [5.41, 5.74) is -0.200. The number of aromatic nitrogens is 1. The summed E-state index contributed by atoms with van der Waals surface area (Å²) in [4.78, 5) is 26.0. The van der Waals surface area contributed by atoms with Crippen molar-refractivity contribution in [2.45, 2.75) is 38.2 Å². The van der Waals surface area contributed by atoms with Gasteiger partial charge in [-0.1, -0.05) is 13.3 Å². The van der Waals surface area contributed by atoms with Gasteiger partial charge in [-0.3, -0.25) is 9.59 Å². The molecule has 0 aromatic carbocycles. The maximum Gasteiger partial charge on any atom is 0.255 e. The van der Waals surface area contributed by atoms with Gasteiger partial charge in [0.05, 0.1) is 11.2 Å². The van der Waals surface area contributed by atoms with Crippen LogP contribution in [0.25, 0.3) is 0 Å². The second-order valence-electron chi connectivity index (χ2n) is 6.79. The molecule has 0 bridgehead atoms. The Kier molecular flexibility index (Phi) is 3.85. The van der Waals surface area contributed by atoms with E-state index in [0.29, 0.717) is 24.6 Å². The predicted octanol–water partition coefficient (Wildman–Crippen LogP) is 1.40. The summed E-state index contributed by atoms with van der Waals surface area (Å²) in [5, 5.41) is 10.8.